The Kier molecular flexibility index (Phi) is 3.77. The summed E-state index contributed by atoms with van der Waals surface area (Å²) in [7, 11) is 0. The first-order valence-electron chi connectivity index (χ1n) is 5.52. The highest BCUT2D eigenvalue weighted by Gasteiger charge is 2.08. The van der Waals surface area contributed by atoms with Crippen molar-refractivity contribution < 1.29 is 8.81 Å². The van der Waals surface area contributed by atoms with Gasteiger partial charge < -0.3 is 15.1 Å². The summed E-state index contributed by atoms with van der Waals surface area (Å²) < 4.78 is 18.2. The van der Waals surface area contributed by atoms with Crippen molar-refractivity contribution in [1.82, 2.24) is 0 Å². The molecule has 0 bridgehead atoms. The average Bonchev–Trinajstić information content (AvgIpc) is 2.82. The summed E-state index contributed by atoms with van der Waals surface area (Å²) in [6.45, 7) is 1.88. The summed E-state index contributed by atoms with van der Waals surface area (Å²) in [5.74, 6) is 0.627. The molecule has 1 aromatic carbocycles. The summed E-state index contributed by atoms with van der Waals surface area (Å²) in [5, 5.41) is 0. The van der Waals surface area contributed by atoms with Crippen LogP contribution in [0.15, 0.2) is 47.1 Å². The molecule has 2 aromatic rings. The van der Waals surface area contributed by atoms with Crippen LogP contribution in [-0.4, -0.2) is 13.1 Å². The van der Waals surface area contributed by atoms with Crippen molar-refractivity contribution >= 4 is 5.69 Å². The SMILES string of the molecule is NCCN(Cc1ccco1)c1ccc(F)cc1. The van der Waals surface area contributed by atoms with Crippen LogP contribution in [0.2, 0.25) is 0 Å². The molecular formula is C13H15FN2O. The standard InChI is InChI=1S/C13H15FN2O/c14-11-3-5-12(6-4-11)16(8-7-15)10-13-2-1-9-17-13/h1-6,9H,7-8,10,15H2. The lowest BCUT2D eigenvalue weighted by Crippen LogP contribution is -2.28. The number of halogens is 1. The van der Waals surface area contributed by atoms with E-state index in [4.69, 9.17) is 10.2 Å². The van der Waals surface area contributed by atoms with Gasteiger partial charge in [0.05, 0.1) is 12.8 Å². The number of nitrogens with zero attached hydrogens (tertiary/aromatic N) is 1. The van der Waals surface area contributed by atoms with E-state index in [0.717, 1.165) is 11.4 Å². The zero-order chi connectivity index (χ0) is 12.1. The number of benzene rings is 1. The van der Waals surface area contributed by atoms with Crippen molar-refractivity contribution in [3.63, 3.8) is 0 Å². The first-order valence-corrected chi connectivity index (χ1v) is 5.52. The summed E-state index contributed by atoms with van der Waals surface area (Å²) in [6.07, 6.45) is 1.64. The fourth-order valence-electron chi connectivity index (χ4n) is 1.70. The smallest absolute Gasteiger partial charge is 0.123 e. The molecule has 0 atom stereocenters. The molecule has 2 rings (SSSR count). The number of anilines is 1. The lowest BCUT2D eigenvalue weighted by atomic mass is 10.2. The quantitative estimate of drug-likeness (QED) is 0.863. The van der Waals surface area contributed by atoms with Crippen LogP contribution >= 0.6 is 0 Å². The van der Waals surface area contributed by atoms with Gasteiger partial charge in [0.2, 0.25) is 0 Å². The van der Waals surface area contributed by atoms with Crippen molar-refractivity contribution in [2.75, 3.05) is 18.0 Å². The van der Waals surface area contributed by atoms with Crippen LogP contribution in [0.1, 0.15) is 5.76 Å². The summed E-state index contributed by atoms with van der Waals surface area (Å²) in [4.78, 5) is 2.05. The van der Waals surface area contributed by atoms with Gasteiger partial charge in [0.25, 0.3) is 0 Å². The molecule has 0 amide bonds. The van der Waals surface area contributed by atoms with E-state index >= 15 is 0 Å². The molecule has 2 N–H and O–H groups in total. The molecule has 0 aliphatic rings. The van der Waals surface area contributed by atoms with E-state index in [9.17, 15) is 4.39 Å². The van der Waals surface area contributed by atoms with Gasteiger partial charge in [0, 0.05) is 18.8 Å². The fraction of sp³-hybridized carbons (Fsp3) is 0.231. The highest BCUT2D eigenvalue weighted by Crippen LogP contribution is 2.17. The number of rotatable bonds is 5. The Morgan fingerprint density at radius 3 is 2.53 bits per heavy atom. The second-order valence-electron chi connectivity index (χ2n) is 3.77. The monoisotopic (exact) mass is 234 g/mol. The average molecular weight is 234 g/mol. The van der Waals surface area contributed by atoms with Gasteiger partial charge in [0.15, 0.2) is 0 Å². The minimum absolute atomic E-state index is 0.237. The molecule has 0 saturated heterocycles. The first kappa shape index (κ1) is 11.7. The Morgan fingerprint density at radius 2 is 1.94 bits per heavy atom. The second kappa shape index (κ2) is 5.50. The van der Waals surface area contributed by atoms with E-state index in [2.05, 4.69) is 4.90 Å². The predicted molar refractivity (Wildman–Crippen MR) is 65.2 cm³/mol. The summed E-state index contributed by atoms with van der Waals surface area (Å²) in [6, 6.07) is 10.1. The van der Waals surface area contributed by atoms with Gasteiger partial charge in [0.1, 0.15) is 11.6 Å². The van der Waals surface area contributed by atoms with Crippen LogP contribution in [0.4, 0.5) is 10.1 Å². The van der Waals surface area contributed by atoms with Gasteiger partial charge in [-0.15, -0.1) is 0 Å². The molecule has 3 nitrogen and oxygen atoms in total. The third-order valence-corrected chi connectivity index (χ3v) is 2.52. The topological polar surface area (TPSA) is 42.4 Å². The first-order chi connectivity index (χ1) is 8.29. The van der Waals surface area contributed by atoms with Crippen molar-refractivity contribution in [2.24, 2.45) is 5.73 Å². The van der Waals surface area contributed by atoms with Gasteiger partial charge in [-0.2, -0.15) is 0 Å². The van der Waals surface area contributed by atoms with Gasteiger partial charge in [-0.1, -0.05) is 0 Å². The van der Waals surface area contributed by atoms with Crippen LogP contribution in [-0.2, 0) is 6.54 Å². The maximum absolute atomic E-state index is 12.9. The predicted octanol–water partition coefficient (Wildman–Crippen LogP) is 2.38. The number of furan rings is 1. The van der Waals surface area contributed by atoms with Gasteiger partial charge >= 0.3 is 0 Å². The molecular weight excluding hydrogens is 219 g/mol. The van der Waals surface area contributed by atoms with Crippen LogP contribution < -0.4 is 10.6 Å². The molecule has 0 aliphatic carbocycles. The molecule has 17 heavy (non-hydrogen) atoms. The Hall–Kier alpha value is -1.81. The Labute approximate surface area is 99.6 Å². The number of hydrogen-bond acceptors (Lipinski definition) is 3. The van der Waals surface area contributed by atoms with Gasteiger partial charge in [-0.3, -0.25) is 0 Å². The van der Waals surface area contributed by atoms with Crippen LogP contribution in [0, 0.1) is 5.82 Å². The minimum atomic E-state index is -0.237. The second-order valence-corrected chi connectivity index (χ2v) is 3.77. The number of hydrogen-bond donors (Lipinski definition) is 1. The van der Waals surface area contributed by atoms with Crippen molar-refractivity contribution in [3.05, 3.63) is 54.2 Å². The summed E-state index contributed by atoms with van der Waals surface area (Å²) >= 11 is 0. The molecule has 1 heterocycles. The summed E-state index contributed by atoms with van der Waals surface area (Å²) in [5.41, 5.74) is 6.52. The lowest BCUT2D eigenvalue weighted by molar-refractivity contribution is 0.502. The minimum Gasteiger partial charge on any atom is -0.467 e. The van der Waals surface area contributed by atoms with E-state index in [1.807, 2.05) is 12.1 Å². The van der Waals surface area contributed by atoms with Crippen molar-refractivity contribution in [2.45, 2.75) is 6.54 Å². The highest BCUT2D eigenvalue weighted by molar-refractivity contribution is 5.46. The molecule has 4 heteroatoms. The van der Waals surface area contributed by atoms with Crippen LogP contribution in [0.3, 0.4) is 0 Å². The third-order valence-electron chi connectivity index (χ3n) is 2.52. The third kappa shape index (κ3) is 3.07. The zero-order valence-electron chi connectivity index (χ0n) is 9.47. The van der Waals surface area contributed by atoms with Crippen LogP contribution in [0.25, 0.3) is 0 Å². The van der Waals surface area contributed by atoms with E-state index < -0.39 is 0 Å². The maximum Gasteiger partial charge on any atom is 0.123 e. The molecule has 0 aliphatic heterocycles. The molecule has 1 aromatic heterocycles. The van der Waals surface area contributed by atoms with E-state index in [1.165, 1.54) is 12.1 Å². The normalized spacial score (nSPS) is 10.5. The largest absolute Gasteiger partial charge is 0.467 e. The van der Waals surface area contributed by atoms with E-state index in [1.54, 1.807) is 18.4 Å². The van der Waals surface area contributed by atoms with Crippen molar-refractivity contribution in [1.29, 1.82) is 0 Å². The number of nitrogens with two attached hydrogens (primary N) is 1. The van der Waals surface area contributed by atoms with Crippen molar-refractivity contribution in [3.8, 4) is 0 Å². The maximum atomic E-state index is 12.9. The zero-order valence-corrected chi connectivity index (χ0v) is 9.47. The Morgan fingerprint density at radius 1 is 1.18 bits per heavy atom. The lowest BCUT2D eigenvalue weighted by Gasteiger charge is -2.23. The molecule has 0 saturated carbocycles. The van der Waals surface area contributed by atoms with Gasteiger partial charge in [-0.05, 0) is 36.4 Å². The molecule has 90 valence electrons. The highest BCUT2D eigenvalue weighted by atomic mass is 19.1. The molecule has 0 radical (unpaired) electrons. The molecule has 0 spiro atoms. The fourth-order valence-corrected chi connectivity index (χ4v) is 1.70. The Balaban J connectivity index is 2.13. The van der Waals surface area contributed by atoms with E-state index in [0.29, 0.717) is 19.6 Å². The van der Waals surface area contributed by atoms with E-state index in [-0.39, 0.29) is 5.82 Å². The Bertz CT molecular complexity index is 439. The molecule has 0 unspecified atom stereocenters. The van der Waals surface area contributed by atoms with Gasteiger partial charge in [-0.25, -0.2) is 4.39 Å². The molecule has 0 fully saturated rings. The van der Waals surface area contributed by atoms with Crippen LogP contribution in [0.5, 0.6) is 0 Å².